The van der Waals surface area contributed by atoms with Gasteiger partial charge < -0.3 is 4.42 Å². The first kappa shape index (κ1) is 13.6. The second-order valence-electron chi connectivity index (χ2n) is 5.02. The van der Waals surface area contributed by atoms with Gasteiger partial charge in [0.25, 0.3) is 0 Å². The van der Waals surface area contributed by atoms with E-state index < -0.39 is 0 Å². The Hall–Kier alpha value is -1.36. The van der Waals surface area contributed by atoms with Crippen LogP contribution in [0.1, 0.15) is 41.0 Å². The summed E-state index contributed by atoms with van der Waals surface area (Å²) in [6.45, 7) is 1.80. The predicted molar refractivity (Wildman–Crippen MR) is 77.3 cm³/mol. The largest absolute Gasteiger partial charge is 0.426 e. The Morgan fingerprint density at radius 2 is 2.30 bits per heavy atom. The first-order chi connectivity index (χ1) is 9.74. The van der Waals surface area contributed by atoms with Crippen molar-refractivity contribution in [1.82, 2.24) is 10.2 Å². The summed E-state index contributed by atoms with van der Waals surface area (Å²) in [6.07, 6.45) is 3.73. The first-order valence-corrected chi connectivity index (χ1v) is 7.97. The molecule has 0 spiro atoms. The Morgan fingerprint density at radius 1 is 1.40 bits per heavy atom. The molecule has 0 fully saturated rings. The van der Waals surface area contributed by atoms with E-state index in [9.17, 15) is 4.39 Å². The lowest BCUT2D eigenvalue weighted by molar-refractivity contribution is 0.465. The monoisotopic (exact) mass is 292 g/mol. The minimum absolute atomic E-state index is 0.0491. The van der Waals surface area contributed by atoms with Crippen LogP contribution in [-0.2, 0) is 12.8 Å². The van der Waals surface area contributed by atoms with Crippen LogP contribution in [0.25, 0.3) is 0 Å². The third kappa shape index (κ3) is 2.87. The summed E-state index contributed by atoms with van der Waals surface area (Å²) in [5.41, 5.74) is 2.10. The van der Waals surface area contributed by atoms with Crippen molar-refractivity contribution in [2.75, 3.05) is 5.75 Å². The van der Waals surface area contributed by atoms with Crippen LogP contribution >= 0.6 is 11.8 Å². The Morgan fingerprint density at radius 3 is 3.10 bits per heavy atom. The Bertz CT molecular complexity index is 599. The Kier molecular flexibility index (Phi) is 4.05. The van der Waals surface area contributed by atoms with E-state index in [4.69, 9.17) is 4.42 Å². The Labute approximate surface area is 122 Å². The zero-order valence-corrected chi connectivity index (χ0v) is 12.3. The quantitative estimate of drug-likeness (QED) is 0.784. The highest BCUT2D eigenvalue weighted by Crippen LogP contribution is 2.42. The summed E-state index contributed by atoms with van der Waals surface area (Å²) in [5.74, 6) is 2.31. The normalized spacial score (nSPS) is 17.4. The molecule has 1 aliphatic rings. The van der Waals surface area contributed by atoms with Gasteiger partial charge in [-0.3, -0.25) is 0 Å². The standard InChI is InChI=1S/C15H17FN2OS/c1-10-17-18-15(19-10)6-3-9-20-14-8-7-11-12(14)4-2-5-13(11)16/h2,4-5,14H,3,6-9H2,1H3. The summed E-state index contributed by atoms with van der Waals surface area (Å²) in [5, 5.41) is 8.24. The van der Waals surface area contributed by atoms with Crippen molar-refractivity contribution < 1.29 is 8.81 Å². The molecule has 0 aliphatic heterocycles. The Balaban J connectivity index is 1.50. The number of thioether (sulfide) groups is 1. The van der Waals surface area contributed by atoms with Gasteiger partial charge in [0.1, 0.15) is 5.82 Å². The maximum absolute atomic E-state index is 13.6. The molecule has 0 radical (unpaired) electrons. The fourth-order valence-electron chi connectivity index (χ4n) is 2.63. The van der Waals surface area contributed by atoms with Crippen molar-refractivity contribution in [2.45, 2.75) is 37.9 Å². The predicted octanol–water partition coefficient (Wildman–Crippen LogP) is 3.87. The van der Waals surface area contributed by atoms with Crippen molar-refractivity contribution in [3.63, 3.8) is 0 Å². The van der Waals surface area contributed by atoms with E-state index >= 15 is 0 Å². The van der Waals surface area contributed by atoms with E-state index in [1.807, 2.05) is 17.8 Å². The zero-order chi connectivity index (χ0) is 13.9. The molecule has 1 aromatic carbocycles. The fraction of sp³-hybridized carbons (Fsp3) is 0.467. The van der Waals surface area contributed by atoms with Crippen molar-refractivity contribution in [2.24, 2.45) is 0 Å². The van der Waals surface area contributed by atoms with Crippen molar-refractivity contribution in [3.05, 3.63) is 46.9 Å². The average molecular weight is 292 g/mol. The minimum Gasteiger partial charge on any atom is -0.426 e. The lowest BCUT2D eigenvalue weighted by Crippen LogP contribution is -1.93. The molecule has 0 N–H and O–H groups in total. The third-order valence-electron chi connectivity index (χ3n) is 3.58. The second-order valence-corrected chi connectivity index (χ2v) is 6.33. The van der Waals surface area contributed by atoms with Gasteiger partial charge in [-0.05, 0) is 42.2 Å². The van der Waals surface area contributed by atoms with Crippen LogP contribution in [0.5, 0.6) is 0 Å². The van der Waals surface area contributed by atoms with Crippen LogP contribution in [0, 0.1) is 12.7 Å². The molecule has 5 heteroatoms. The topological polar surface area (TPSA) is 38.9 Å². The number of aromatic nitrogens is 2. The maximum Gasteiger partial charge on any atom is 0.216 e. The van der Waals surface area contributed by atoms with E-state index in [0.29, 0.717) is 17.0 Å². The SMILES string of the molecule is Cc1nnc(CCCSC2CCc3c(F)cccc32)o1. The molecule has 2 aromatic rings. The summed E-state index contributed by atoms with van der Waals surface area (Å²) >= 11 is 1.90. The highest BCUT2D eigenvalue weighted by Gasteiger charge is 2.24. The van der Waals surface area contributed by atoms with Gasteiger partial charge in [0.05, 0.1) is 0 Å². The lowest BCUT2D eigenvalue weighted by Gasteiger charge is -2.10. The molecular formula is C15H17FN2OS. The minimum atomic E-state index is -0.0491. The van der Waals surface area contributed by atoms with Crippen LogP contribution in [0.3, 0.4) is 0 Å². The fourth-order valence-corrected chi connectivity index (χ4v) is 3.91. The molecule has 0 bridgehead atoms. The molecule has 0 amide bonds. The molecule has 0 saturated heterocycles. The summed E-state index contributed by atoms with van der Waals surface area (Å²) in [4.78, 5) is 0. The molecular weight excluding hydrogens is 275 g/mol. The van der Waals surface area contributed by atoms with Gasteiger partial charge in [0, 0.05) is 18.6 Å². The highest BCUT2D eigenvalue weighted by molar-refractivity contribution is 7.99. The van der Waals surface area contributed by atoms with E-state index in [0.717, 1.165) is 37.0 Å². The smallest absolute Gasteiger partial charge is 0.216 e. The van der Waals surface area contributed by atoms with Gasteiger partial charge in [0.2, 0.25) is 11.8 Å². The number of aryl methyl sites for hydroxylation is 2. The van der Waals surface area contributed by atoms with Gasteiger partial charge in [-0.1, -0.05) is 12.1 Å². The summed E-state index contributed by atoms with van der Waals surface area (Å²) < 4.78 is 19.0. The number of halogens is 1. The third-order valence-corrected chi connectivity index (χ3v) is 5.00. The molecule has 1 aromatic heterocycles. The zero-order valence-electron chi connectivity index (χ0n) is 11.4. The molecule has 3 nitrogen and oxygen atoms in total. The van der Waals surface area contributed by atoms with Crippen molar-refractivity contribution in [1.29, 1.82) is 0 Å². The van der Waals surface area contributed by atoms with Gasteiger partial charge in [-0.25, -0.2) is 4.39 Å². The van der Waals surface area contributed by atoms with E-state index in [-0.39, 0.29) is 5.82 Å². The van der Waals surface area contributed by atoms with Gasteiger partial charge in [0.15, 0.2) is 0 Å². The molecule has 1 atom stereocenters. The van der Waals surface area contributed by atoms with Gasteiger partial charge in [-0.15, -0.1) is 10.2 Å². The number of benzene rings is 1. The van der Waals surface area contributed by atoms with Crippen LogP contribution in [0.15, 0.2) is 22.6 Å². The van der Waals surface area contributed by atoms with E-state index in [2.05, 4.69) is 16.3 Å². The molecule has 3 rings (SSSR count). The van der Waals surface area contributed by atoms with Crippen molar-refractivity contribution >= 4 is 11.8 Å². The van der Waals surface area contributed by atoms with E-state index in [1.165, 1.54) is 5.56 Å². The number of rotatable bonds is 5. The van der Waals surface area contributed by atoms with E-state index in [1.54, 1.807) is 13.0 Å². The lowest BCUT2D eigenvalue weighted by atomic mass is 10.1. The molecule has 1 aliphatic carbocycles. The first-order valence-electron chi connectivity index (χ1n) is 6.92. The van der Waals surface area contributed by atoms with Crippen LogP contribution < -0.4 is 0 Å². The van der Waals surface area contributed by atoms with Crippen LogP contribution in [0.2, 0.25) is 0 Å². The maximum atomic E-state index is 13.6. The molecule has 0 saturated carbocycles. The second kappa shape index (κ2) is 5.95. The van der Waals surface area contributed by atoms with Crippen molar-refractivity contribution in [3.8, 4) is 0 Å². The molecule has 20 heavy (non-hydrogen) atoms. The van der Waals surface area contributed by atoms with Crippen LogP contribution in [-0.4, -0.2) is 16.0 Å². The summed E-state index contributed by atoms with van der Waals surface area (Å²) in [6, 6.07) is 5.43. The molecule has 1 unspecified atom stereocenters. The highest BCUT2D eigenvalue weighted by atomic mass is 32.2. The number of nitrogens with zero attached hydrogens (tertiary/aromatic N) is 2. The average Bonchev–Trinajstić information content (AvgIpc) is 3.02. The van der Waals surface area contributed by atoms with Gasteiger partial charge in [-0.2, -0.15) is 11.8 Å². The number of fused-ring (bicyclic) bond motifs is 1. The summed E-state index contributed by atoms with van der Waals surface area (Å²) in [7, 11) is 0. The molecule has 106 valence electrons. The van der Waals surface area contributed by atoms with Gasteiger partial charge >= 0.3 is 0 Å². The van der Waals surface area contributed by atoms with Crippen LogP contribution in [0.4, 0.5) is 4.39 Å². The number of hydrogen-bond donors (Lipinski definition) is 0. The number of hydrogen-bond acceptors (Lipinski definition) is 4. The molecule has 1 heterocycles.